The highest BCUT2D eigenvalue weighted by molar-refractivity contribution is 6.27. The highest BCUT2D eigenvalue weighted by Crippen LogP contribution is 2.24. The van der Waals surface area contributed by atoms with E-state index in [1.54, 1.807) is 0 Å². The van der Waals surface area contributed by atoms with Crippen LogP contribution < -0.4 is 10.1 Å². The van der Waals surface area contributed by atoms with Crippen LogP contribution in [0.4, 0.5) is 0 Å². The maximum absolute atomic E-state index is 10.3. The number of aromatic hydroxyl groups is 2. The van der Waals surface area contributed by atoms with E-state index in [9.17, 15) is 15.3 Å². The van der Waals surface area contributed by atoms with Gasteiger partial charge < -0.3 is 35.6 Å². The lowest BCUT2D eigenvalue weighted by molar-refractivity contribution is -0.159. The lowest BCUT2D eigenvalue weighted by Crippen LogP contribution is -2.32. The number of aryl methyl sites for hydroxylation is 1. The Morgan fingerprint density at radius 2 is 1.63 bits per heavy atom. The Morgan fingerprint density at radius 1 is 1.03 bits per heavy atom. The first-order valence-electron chi connectivity index (χ1n) is 10.5. The molecule has 0 aliphatic rings. The number of nitrogens with zero attached hydrogens (tertiary/aromatic N) is 2. The summed E-state index contributed by atoms with van der Waals surface area (Å²) in [4.78, 5) is 18.2. The molecule has 12 heteroatoms. The third-order valence-electron chi connectivity index (χ3n) is 4.74. The van der Waals surface area contributed by atoms with Crippen LogP contribution in [0.5, 0.6) is 17.2 Å². The first-order chi connectivity index (χ1) is 16.5. The fourth-order valence-corrected chi connectivity index (χ4v) is 2.92. The van der Waals surface area contributed by atoms with Crippen LogP contribution in [0.3, 0.4) is 0 Å². The molecule has 0 spiro atoms. The molecule has 1 heterocycles. The maximum atomic E-state index is 10.3. The molecule has 3 rings (SSSR count). The van der Waals surface area contributed by atoms with Crippen molar-refractivity contribution in [1.29, 1.82) is 0 Å². The molecule has 0 unspecified atom stereocenters. The van der Waals surface area contributed by atoms with E-state index >= 15 is 0 Å². The fraction of sp³-hybridized carbons (Fsp3) is 0.304. The highest BCUT2D eigenvalue weighted by Gasteiger charge is 2.12. The minimum atomic E-state index is -1.82. The average Bonchev–Trinajstić information content (AvgIpc) is 3.21. The number of aliphatic hydroxyl groups is 1. The van der Waals surface area contributed by atoms with Gasteiger partial charge in [-0.05, 0) is 55.7 Å². The molecule has 0 saturated heterocycles. The molecule has 0 radical (unpaired) electrons. The second kappa shape index (κ2) is 12.9. The van der Waals surface area contributed by atoms with Gasteiger partial charge in [0.2, 0.25) is 0 Å². The molecule has 1 aromatic heterocycles. The molecule has 12 nitrogen and oxygen atoms in total. The van der Waals surface area contributed by atoms with E-state index in [2.05, 4.69) is 20.3 Å². The van der Waals surface area contributed by atoms with Crippen LogP contribution in [0.25, 0.3) is 0 Å². The summed E-state index contributed by atoms with van der Waals surface area (Å²) in [6, 6.07) is 12.0. The van der Waals surface area contributed by atoms with Crippen molar-refractivity contribution in [2.24, 2.45) is 0 Å². The van der Waals surface area contributed by atoms with Gasteiger partial charge >= 0.3 is 11.9 Å². The number of phenolic OH excluding ortho intramolecular Hbond substituents is 2. The topological polar surface area (TPSA) is 195 Å². The predicted octanol–water partition coefficient (Wildman–Crippen LogP) is 1.78. The lowest BCUT2D eigenvalue weighted by Gasteiger charge is -2.18. The Kier molecular flexibility index (Phi) is 9.99. The molecule has 0 amide bonds. The molecule has 2 aromatic carbocycles. The summed E-state index contributed by atoms with van der Waals surface area (Å²) >= 11 is 0. The Hall–Kier alpha value is -4.16. The van der Waals surface area contributed by atoms with Gasteiger partial charge in [-0.25, -0.2) is 14.2 Å². The molecular formula is C23H27N3O9. The molecule has 0 aliphatic carbocycles. The van der Waals surface area contributed by atoms with Crippen molar-refractivity contribution in [2.45, 2.75) is 39.0 Å². The molecule has 35 heavy (non-hydrogen) atoms. The Morgan fingerprint density at radius 3 is 2.14 bits per heavy atom. The summed E-state index contributed by atoms with van der Waals surface area (Å²) in [5.74, 6) is -3.07. The number of aliphatic carboxylic acids is 2. The van der Waals surface area contributed by atoms with Gasteiger partial charge in [-0.2, -0.15) is 0 Å². The molecule has 0 aliphatic heterocycles. The van der Waals surface area contributed by atoms with E-state index in [-0.39, 0.29) is 17.5 Å². The Labute approximate surface area is 200 Å². The van der Waals surface area contributed by atoms with Crippen molar-refractivity contribution in [3.8, 4) is 17.2 Å². The summed E-state index contributed by atoms with van der Waals surface area (Å²) < 4.78 is 10.3. The zero-order valence-electron chi connectivity index (χ0n) is 19.1. The largest absolute Gasteiger partial charge is 0.508 e. The van der Waals surface area contributed by atoms with Gasteiger partial charge in [0.15, 0.2) is 0 Å². The van der Waals surface area contributed by atoms with E-state index in [0.717, 1.165) is 17.7 Å². The van der Waals surface area contributed by atoms with Crippen molar-refractivity contribution < 1.29 is 44.5 Å². The number of rotatable bonds is 9. The zero-order valence-corrected chi connectivity index (χ0v) is 19.1. The Balaban J connectivity index is 0.000000641. The lowest BCUT2D eigenvalue weighted by atomic mass is 10.1. The number of nitrogens with one attached hydrogen (secondary N) is 1. The smallest absolute Gasteiger partial charge is 0.414 e. The number of ether oxygens (including phenoxy) is 1. The summed E-state index contributed by atoms with van der Waals surface area (Å²) in [6.07, 6.45) is -0.0642. The van der Waals surface area contributed by atoms with Gasteiger partial charge in [0.25, 0.3) is 0 Å². The van der Waals surface area contributed by atoms with Crippen LogP contribution in [-0.4, -0.2) is 60.4 Å². The molecule has 0 saturated carbocycles. The third-order valence-corrected chi connectivity index (χ3v) is 4.74. The van der Waals surface area contributed by atoms with E-state index < -0.39 is 18.0 Å². The first-order valence-corrected chi connectivity index (χ1v) is 10.5. The number of hydrogen-bond donors (Lipinski definition) is 6. The summed E-state index contributed by atoms with van der Waals surface area (Å²) in [5.41, 5.74) is 2.97. The first kappa shape index (κ1) is 27.1. The van der Waals surface area contributed by atoms with Gasteiger partial charge in [0.1, 0.15) is 35.2 Å². The molecule has 6 N–H and O–H groups in total. The van der Waals surface area contributed by atoms with Crippen LogP contribution >= 0.6 is 0 Å². The number of benzene rings is 2. The minimum Gasteiger partial charge on any atom is -0.508 e. The highest BCUT2D eigenvalue weighted by atomic mass is 16.6. The Bertz CT molecular complexity index is 1080. The number of carboxylic acids is 2. The molecule has 2 atom stereocenters. The molecular weight excluding hydrogens is 462 g/mol. The molecule has 3 aromatic rings. The SMILES string of the molecule is Cc1nonc1COc1ccc(C[C@H](C)NC[C@H](O)c2cc(O)cc(O)c2)cc1.O=C(O)C(=O)O. The van der Waals surface area contributed by atoms with E-state index in [1.165, 1.54) is 18.2 Å². The number of aromatic nitrogens is 2. The molecule has 188 valence electrons. The van der Waals surface area contributed by atoms with Crippen molar-refractivity contribution in [1.82, 2.24) is 15.6 Å². The van der Waals surface area contributed by atoms with Gasteiger partial charge in [0.05, 0.1) is 6.10 Å². The van der Waals surface area contributed by atoms with Gasteiger partial charge in [-0.15, -0.1) is 0 Å². The minimum absolute atomic E-state index is 0.0793. The molecule has 0 fully saturated rings. The summed E-state index contributed by atoms with van der Waals surface area (Å²) in [5, 5.41) is 54.9. The zero-order chi connectivity index (χ0) is 26.0. The van der Waals surface area contributed by atoms with Crippen molar-refractivity contribution in [2.75, 3.05) is 6.54 Å². The van der Waals surface area contributed by atoms with Crippen molar-refractivity contribution >= 4 is 11.9 Å². The number of carboxylic acid groups (broad SMARTS) is 2. The number of phenols is 2. The third kappa shape index (κ3) is 9.31. The van der Waals surface area contributed by atoms with Crippen LogP contribution in [0.1, 0.15) is 35.5 Å². The van der Waals surface area contributed by atoms with E-state index in [0.29, 0.717) is 30.1 Å². The van der Waals surface area contributed by atoms with E-state index in [4.69, 9.17) is 24.5 Å². The van der Waals surface area contributed by atoms with Gasteiger partial charge in [-0.1, -0.05) is 22.4 Å². The van der Waals surface area contributed by atoms with Crippen LogP contribution in [0.2, 0.25) is 0 Å². The number of carbonyl (C=O) groups is 2. The normalized spacial score (nSPS) is 12.2. The molecule has 0 bridgehead atoms. The standard InChI is InChI=1S/C21H25N3O5.C2H2O4/c1-13(22-11-21(27)16-8-17(25)10-18(26)9-16)7-15-3-5-19(6-4-15)28-12-20-14(2)23-29-24-20;3-1(4)2(5)6/h3-6,8-10,13,21-22,25-27H,7,11-12H2,1-2H3;(H,3,4)(H,5,6)/t13-,21-;/m0./s1. The maximum Gasteiger partial charge on any atom is 0.414 e. The predicted molar refractivity (Wildman–Crippen MR) is 121 cm³/mol. The number of aliphatic hydroxyl groups excluding tert-OH is 1. The average molecular weight is 489 g/mol. The second-order valence-corrected chi connectivity index (χ2v) is 7.65. The van der Waals surface area contributed by atoms with E-state index in [1.807, 2.05) is 38.1 Å². The van der Waals surface area contributed by atoms with Crippen LogP contribution in [0, 0.1) is 6.92 Å². The quantitative estimate of drug-likeness (QED) is 0.239. The summed E-state index contributed by atoms with van der Waals surface area (Å²) in [6.45, 7) is 4.44. The van der Waals surface area contributed by atoms with Crippen molar-refractivity contribution in [3.63, 3.8) is 0 Å². The van der Waals surface area contributed by atoms with Crippen LogP contribution in [-0.2, 0) is 22.6 Å². The fourth-order valence-electron chi connectivity index (χ4n) is 2.92. The monoisotopic (exact) mass is 489 g/mol. The second-order valence-electron chi connectivity index (χ2n) is 7.65. The van der Waals surface area contributed by atoms with Gasteiger partial charge in [0, 0.05) is 18.7 Å². The number of hydrogen-bond acceptors (Lipinski definition) is 10. The van der Waals surface area contributed by atoms with Crippen LogP contribution in [0.15, 0.2) is 47.1 Å². The van der Waals surface area contributed by atoms with Crippen molar-refractivity contribution in [3.05, 3.63) is 65.0 Å². The van der Waals surface area contributed by atoms with Gasteiger partial charge in [-0.3, -0.25) is 0 Å². The summed E-state index contributed by atoms with van der Waals surface area (Å²) in [7, 11) is 0.